The van der Waals surface area contributed by atoms with Crippen LogP contribution < -0.4 is 0 Å². The highest BCUT2D eigenvalue weighted by Crippen LogP contribution is 2.48. The van der Waals surface area contributed by atoms with Gasteiger partial charge in [-0.1, -0.05) is 0 Å². The molecule has 0 saturated heterocycles. The zero-order valence-electron chi connectivity index (χ0n) is 12.2. The lowest BCUT2D eigenvalue weighted by atomic mass is 10.1. The normalized spacial score (nSPS) is 17.6. The van der Waals surface area contributed by atoms with Gasteiger partial charge in [-0.2, -0.15) is 0 Å². The van der Waals surface area contributed by atoms with E-state index in [0.717, 1.165) is 30.4 Å². The average molecular weight is 292 g/mol. The molecule has 0 aliphatic heterocycles. The van der Waals surface area contributed by atoms with Crippen LogP contribution in [-0.2, 0) is 16.4 Å². The first kappa shape index (κ1) is 13.6. The summed E-state index contributed by atoms with van der Waals surface area (Å²) in [6.07, 6.45) is 5.15. The Bertz CT molecular complexity index is 771. The van der Waals surface area contributed by atoms with E-state index in [1.165, 1.54) is 17.4 Å². The summed E-state index contributed by atoms with van der Waals surface area (Å²) in [7, 11) is -2.92. The molecule has 1 aromatic heterocycles. The van der Waals surface area contributed by atoms with Gasteiger partial charge in [0, 0.05) is 18.2 Å². The summed E-state index contributed by atoms with van der Waals surface area (Å²) in [4.78, 5) is 4.44. The maximum absolute atomic E-state index is 11.6. The van der Waals surface area contributed by atoms with E-state index in [9.17, 15) is 8.42 Å². The third kappa shape index (κ3) is 2.59. The summed E-state index contributed by atoms with van der Waals surface area (Å²) in [5.74, 6) is 0.282. The van der Waals surface area contributed by atoms with Crippen LogP contribution in [-0.4, -0.2) is 30.0 Å². The molecule has 2 aromatic rings. The summed E-state index contributed by atoms with van der Waals surface area (Å²) in [5, 5.41) is 0. The zero-order chi connectivity index (χ0) is 14.5. The number of nitrogens with zero attached hydrogens (tertiary/aromatic N) is 2. The fraction of sp³-hybridized carbons (Fsp3) is 0.533. The second-order valence-electron chi connectivity index (χ2n) is 6.37. The minimum Gasteiger partial charge on any atom is -0.330 e. The molecule has 1 saturated carbocycles. The van der Waals surface area contributed by atoms with Gasteiger partial charge in [0.25, 0.3) is 0 Å². The molecule has 0 spiro atoms. The van der Waals surface area contributed by atoms with Crippen molar-refractivity contribution >= 4 is 20.9 Å². The predicted octanol–water partition coefficient (Wildman–Crippen LogP) is 2.48. The highest BCUT2D eigenvalue weighted by atomic mass is 32.2. The van der Waals surface area contributed by atoms with E-state index in [-0.39, 0.29) is 11.2 Å². The van der Waals surface area contributed by atoms with Crippen LogP contribution in [0.4, 0.5) is 0 Å². The molecule has 1 aromatic carbocycles. The van der Waals surface area contributed by atoms with E-state index in [1.807, 2.05) is 6.33 Å². The molecule has 1 aliphatic carbocycles. The maximum Gasteiger partial charge on any atom is 0.148 e. The monoisotopic (exact) mass is 292 g/mol. The lowest BCUT2D eigenvalue weighted by Gasteiger charge is -2.15. The molecule has 4 nitrogen and oxygen atoms in total. The molecule has 108 valence electrons. The topological polar surface area (TPSA) is 52.0 Å². The Morgan fingerprint density at radius 3 is 2.50 bits per heavy atom. The van der Waals surface area contributed by atoms with Crippen LogP contribution >= 0.6 is 0 Å². The molecule has 0 unspecified atom stereocenters. The van der Waals surface area contributed by atoms with E-state index in [4.69, 9.17) is 0 Å². The fourth-order valence-corrected chi connectivity index (χ4v) is 4.37. The first-order chi connectivity index (χ1) is 9.28. The van der Waals surface area contributed by atoms with Gasteiger partial charge >= 0.3 is 0 Å². The van der Waals surface area contributed by atoms with E-state index in [1.54, 1.807) is 0 Å². The summed E-state index contributed by atoms with van der Waals surface area (Å²) in [5.41, 5.74) is 4.50. The molecule has 20 heavy (non-hydrogen) atoms. The number of fused-ring (bicyclic) bond motifs is 1. The first-order valence-electron chi connectivity index (χ1n) is 6.88. The molecule has 3 rings (SSSR count). The van der Waals surface area contributed by atoms with Crippen molar-refractivity contribution in [1.82, 2.24) is 9.55 Å². The number of hydrogen-bond acceptors (Lipinski definition) is 3. The molecule has 0 radical (unpaired) electrons. The number of benzene rings is 1. The molecule has 1 fully saturated rings. The Hall–Kier alpha value is -1.36. The van der Waals surface area contributed by atoms with Crippen molar-refractivity contribution in [1.29, 1.82) is 0 Å². The Labute approximate surface area is 119 Å². The van der Waals surface area contributed by atoms with Crippen LogP contribution in [0.1, 0.15) is 24.0 Å². The Morgan fingerprint density at radius 2 is 1.90 bits per heavy atom. The standard InChI is InChI=1S/C15H20N2O2S/c1-11-6-13-14(7-12(11)2)17(10-16-13)8-15(4-5-15)9-20(3,18)19/h6-7,10H,4-5,8-9H2,1-3H3. The first-order valence-corrected chi connectivity index (χ1v) is 8.94. The van der Waals surface area contributed by atoms with Gasteiger partial charge in [-0.25, -0.2) is 13.4 Å². The smallest absolute Gasteiger partial charge is 0.148 e. The summed E-state index contributed by atoms with van der Waals surface area (Å²) >= 11 is 0. The Morgan fingerprint density at radius 1 is 1.25 bits per heavy atom. The molecule has 5 heteroatoms. The van der Waals surface area contributed by atoms with Crippen LogP contribution in [0.5, 0.6) is 0 Å². The average Bonchev–Trinajstić information content (AvgIpc) is 2.95. The van der Waals surface area contributed by atoms with Crippen LogP contribution in [0.15, 0.2) is 18.5 Å². The van der Waals surface area contributed by atoms with E-state index in [0.29, 0.717) is 0 Å². The lowest BCUT2D eigenvalue weighted by Crippen LogP contribution is -2.21. The number of aromatic nitrogens is 2. The Balaban J connectivity index is 1.94. The van der Waals surface area contributed by atoms with Crippen molar-refractivity contribution < 1.29 is 8.42 Å². The maximum atomic E-state index is 11.6. The van der Waals surface area contributed by atoms with E-state index in [2.05, 4.69) is 35.5 Å². The second kappa shape index (κ2) is 4.32. The van der Waals surface area contributed by atoms with Gasteiger partial charge in [-0.15, -0.1) is 0 Å². The SMILES string of the molecule is Cc1cc2ncn(CC3(CS(C)(=O)=O)CC3)c2cc1C. The molecular weight excluding hydrogens is 272 g/mol. The summed E-state index contributed by atoms with van der Waals surface area (Å²) < 4.78 is 25.2. The van der Waals surface area contributed by atoms with Gasteiger partial charge in [0.2, 0.25) is 0 Å². The van der Waals surface area contributed by atoms with E-state index >= 15 is 0 Å². The van der Waals surface area contributed by atoms with Gasteiger partial charge < -0.3 is 4.57 Å². The van der Waals surface area contributed by atoms with Crippen molar-refractivity contribution in [3.8, 4) is 0 Å². The molecule has 0 bridgehead atoms. The summed E-state index contributed by atoms with van der Waals surface area (Å²) in [6.45, 7) is 4.93. The van der Waals surface area contributed by atoms with Crippen LogP contribution in [0.3, 0.4) is 0 Å². The quantitative estimate of drug-likeness (QED) is 0.870. The van der Waals surface area contributed by atoms with Crippen molar-refractivity contribution in [2.75, 3.05) is 12.0 Å². The minimum atomic E-state index is -2.92. The van der Waals surface area contributed by atoms with E-state index < -0.39 is 9.84 Å². The third-order valence-corrected chi connectivity index (χ3v) is 5.40. The summed E-state index contributed by atoms with van der Waals surface area (Å²) in [6, 6.07) is 4.24. The highest BCUT2D eigenvalue weighted by molar-refractivity contribution is 7.90. The number of rotatable bonds is 4. The lowest BCUT2D eigenvalue weighted by molar-refractivity contribution is 0.467. The molecular formula is C15H20N2O2S. The molecule has 0 N–H and O–H groups in total. The third-order valence-electron chi connectivity index (χ3n) is 4.27. The van der Waals surface area contributed by atoms with Crippen LogP contribution in [0.25, 0.3) is 11.0 Å². The molecule has 0 atom stereocenters. The van der Waals surface area contributed by atoms with Gasteiger partial charge in [-0.3, -0.25) is 0 Å². The number of aryl methyl sites for hydroxylation is 2. The van der Waals surface area contributed by atoms with Crippen LogP contribution in [0.2, 0.25) is 0 Å². The van der Waals surface area contributed by atoms with Crippen LogP contribution in [0, 0.1) is 19.3 Å². The molecule has 1 aliphatic rings. The molecule has 1 heterocycles. The van der Waals surface area contributed by atoms with Gasteiger partial charge in [0.05, 0.1) is 23.1 Å². The van der Waals surface area contributed by atoms with Crippen molar-refractivity contribution in [3.63, 3.8) is 0 Å². The van der Waals surface area contributed by atoms with Gasteiger partial charge in [-0.05, 0) is 49.9 Å². The minimum absolute atomic E-state index is 0.0694. The number of hydrogen-bond donors (Lipinski definition) is 0. The van der Waals surface area contributed by atoms with Gasteiger partial charge in [0.15, 0.2) is 0 Å². The van der Waals surface area contributed by atoms with Crippen molar-refractivity contribution in [2.24, 2.45) is 5.41 Å². The highest BCUT2D eigenvalue weighted by Gasteiger charge is 2.45. The Kier molecular flexibility index (Phi) is 2.94. The number of imidazole rings is 1. The zero-order valence-corrected chi connectivity index (χ0v) is 13.0. The predicted molar refractivity (Wildman–Crippen MR) is 80.6 cm³/mol. The fourth-order valence-electron chi connectivity index (χ4n) is 2.88. The van der Waals surface area contributed by atoms with Crippen molar-refractivity contribution in [2.45, 2.75) is 33.2 Å². The van der Waals surface area contributed by atoms with Crippen molar-refractivity contribution in [3.05, 3.63) is 29.6 Å². The molecule has 0 amide bonds. The number of sulfone groups is 1. The largest absolute Gasteiger partial charge is 0.330 e. The van der Waals surface area contributed by atoms with Gasteiger partial charge in [0.1, 0.15) is 9.84 Å². The second-order valence-corrected chi connectivity index (χ2v) is 8.51.